The van der Waals surface area contributed by atoms with E-state index in [2.05, 4.69) is 20.6 Å². The van der Waals surface area contributed by atoms with Crippen molar-refractivity contribution in [1.29, 1.82) is 0 Å². The summed E-state index contributed by atoms with van der Waals surface area (Å²) in [6, 6.07) is 0.310. The zero-order chi connectivity index (χ0) is 21.0. The fraction of sp³-hybridized carbons (Fsp3) is 0.783. The van der Waals surface area contributed by atoms with E-state index >= 15 is 0 Å². The summed E-state index contributed by atoms with van der Waals surface area (Å²) in [7, 11) is 0. The van der Waals surface area contributed by atoms with Gasteiger partial charge in [0.05, 0.1) is 18.2 Å². The molecular weight excluding hydrogens is 396 g/mol. The highest BCUT2D eigenvalue weighted by atomic mass is 16.5. The summed E-state index contributed by atoms with van der Waals surface area (Å²) in [5.41, 5.74) is -0.0935. The third-order valence-electron chi connectivity index (χ3n) is 8.13. The predicted octanol–water partition coefficient (Wildman–Crippen LogP) is 2.28. The van der Waals surface area contributed by atoms with Crippen LogP contribution in [0.15, 0.2) is 6.20 Å². The lowest BCUT2D eigenvalue weighted by atomic mass is 9.52. The molecule has 8 heteroatoms. The molecule has 6 aliphatic rings. The molecule has 1 saturated heterocycles. The lowest BCUT2D eigenvalue weighted by molar-refractivity contribution is -0.136. The molecule has 1 amide bonds. The lowest BCUT2D eigenvalue weighted by Crippen LogP contribution is -2.61. The Morgan fingerprint density at radius 2 is 2.00 bits per heavy atom. The topological polar surface area (TPSA) is 106 Å². The van der Waals surface area contributed by atoms with Gasteiger partial charge in [0.25, 0.3) is 5.91 Å². The third kappa shape index (κ3) is 3.78. The van der Waals surface area contributed by atoms with Gasteiger partial charge < -0.3 is 25.2 Å². The first-order valence-corrected chi connectivity index (χ1v) is 12.0. The smallest absolute Gasteiger partial charge is 0.258 e. The minimum absolute atomic E-state index is 0.120. The zero-order valence-corrected chi connectivity index (χ0v) is 17.9. The molecule has 1 aromatic rings. The third-order valence-corrected chi connectivity index (χ3v) is 8.13. The van der Waals surface area contributed by atoms with Gasteiger partial charge in [-0.15, -0.1) is 0 Å². The first-order chi connectivity index (χ1) is 15.0. The molecule has 7 rings (SSSR count). The summed E-state index contributed by atoms with van der Waals surface area (Å²) in [4.78, 5) is 22.3. The molecule has 3 N–H and O–H groups in total. The Balaban J connectivity index is 1.20. The summed E-state index contributed by atoms with van der Waals surface area (Å²) in [6.45, 7) is 1.38. The maximum atomic E-state index is 13.3. The van der Waals surface area contributed by atoms with Crippen molar-refractivity contribution in [1.82, 2.24) is 15.3 Å². The fourth-order valence-corrected chi connectivity index (χ4v) is 6.60. The molecule has 2 heterocycles. The Bertz CT molecular complexity index is 838. The number of aliphatic hydroxyl groups is 1. The number of nitrogens with one attached hydrogen (secondary N) is 2. The molecule has 0 radical (unpaired) electrons. The van der Waals surface area contributed by atoms with Gasteiger partial charge in [-0.25, -0.2) is 4.98 Å². The molecule has 8 nitrogen and oxygen atoms in total. The summed E-state index contributed by atoms with van der Waals surface area (Å²) in [5.74, 6) is 2.04. The molecule has 5 aliphatic carbocycles. The molecule has 168 valence electrons. The molecule has 0 spiro atoms. The van der Waals surface area contributed by atoms with Crippen LogP contribution >= 0.6 is 0 Å². The average Bonchev–Trinajstić information content (AvgIpc) is 3.19. The first kappa shape index (κ1) is 19.7. The van der Waals surface area contributed by atoms with Crippen LogP contribution in [0.3, 0.4) is 0 Å². The van der Waals surface area contributed by atoms with E-state index in [1.165, 1.54) is 0 Å². The van der Waals surface area contributed by atoms with Crippen LogP contribution in [-0.4, -0.2) is 58.0 Å². The maximum absolute atomic E-state index is 13.3. The summed E-state index contributed by atoms with van der Waals surface area (Å²) >= 11 is 0. The monoisotopic (exact) mass is 428 g/mol. The second kappa shape index (κ2) is 7.59. The van der Waals surface area contributed by atoms with E-state index in [0.717, 1.165) is 64.4 Å². The van der Waals surface area contributed by atoms with Crippen molar-refractivity contribution in [2.45, 2.75) is 81.6 Å². The van der Waals surface area contributed by atoms with E-state index in [4.69, 9.17) is 9.47 Å². The number of amides is 1. The van der Waals surface area contributed by atoms with Gasteiger partial charge in [0.1, 0.15) is 11.7 Å². The van der Waals surface area contributed by atoms with Gasteiger partial charge in [0.2, 0.25) is 11.8 Å². The average molecular weight is 429 g/mol. The number of aromatic nitrogens is 2. The molecule has 3 unspecified atom stereocenters. The second-order valence-electron chi connectivity index (χ2n) is 10.5. The van der Waals surface area contributed by atoms with Crippen molar-refractivity contribution in [2.24, 2.45) is 17.8 Å². The maximum Gasteiger partial charge on any atom is 0.258 e. The number of hydrogen-bond acceptors (Lipinski definition) is 7. The summed E-state index contributed by atoms with van der Waals surface area (Å²) < 4.78 is 11.5. The van der Waals surface area contributed by atoms with Gasteiger partial charge in [0, 0.05) is 18.8 Å². The van der Waals surface area contributed by atoms with Crippen molar-refractivity contribution in [3.8, 4) is 5.88 Å². The van der Waals surface area contributed by atoms with E-state index in [9.17, 15) is 9.90 Å². The van der Waals surface area contributed by atoms with E-state index in [0.29, 0.717) is 41.8 Å². The van der Waals surface area contributed by atoms with Crippen molar-refractivity contribution in [2.75, 3.05) is 18.5 Å². The highest BCUT2D eigenvalue weighted by Crippen LogP contribution is 2.55. The van der Waals surface area contributed by atoms with E-state index in [1.54, 1.807) is 6.20 Å². The summed E-state index contributed by atoms with van der Waals surface area (Å²) in [6.07, 6.45) is 10.5. The molecule has 1 aromatic heterocycles. The standard InChI is InChI=1S/C23H32N4O4/c28-20(26-19-14-6-13-7-15(19)10-23(29,8-13)9-14)18-11-24-22(25-16-4-5-30-12-16)27-21(18)31-17-2-1-3-17/h11,13-17,19,29H,1-10,12H2,(H,26,28)(H,24,25,27)/t13?,14-,15+,16-,19?,23?/m1/s1. The zero-order valence-electron chi connectivity index (χ0n) is 17.9. The van der Waals surface area contributed by atoms with Crippen LogP contribution in [0.1, 0.15) is 68.1 Å². The molecule has 1 aliphatic heterocycles. The Hall–Kier alpha value is -1.93. The molecule has 6 fully saturated rings. The van der Waals surface area contributed by atoms with E-state index in [1.807, 2.05) is 0 Å². The van der Waals surface area contributed by atoms with E-state index < -0.39 is 5.60 Å². The minimum atomic E-state index is -0.503. The number of rotatable bonds is 6. The number of hydrogen-bond donors (Lipinski definition) is 3. The van der Waals surface area contributed by atoms with Crippen molar-refractivity contribution in [3.63, 3.8) is 0 Å². The van der Waals surface area contributed by atoms with Gasteiger partial charge >= 0.3 is 0 Å². The highest BCUT2D eigenvalue weighted by Gasteiger charge is 2.55. The highest BCUT2D eigenvalue weighted by molar-refractivity contribution is 5.96. The number of carbonyl (C=O) groups is 1. The number of anilines is 1. The number of carbonyl (C=O) groups excluding carboxylic acids is 1. The van der Waals surface area contributed by atoms with E-state index in [-0.39, 0.29) is 24.1 Å². The summed E-state index contributed by atoms with van der Waals surface area (Å²) in [5, 5.41) is 17.4. The van der Waals surface area contributed by atoms with Crippen LogP contribution in [-0.2, 0) is 4.74 Å². The van der Waals surface area contributed by atoms with Gasteiger partial charge in [-0.1, -0.05) is 0 Å². The van der Waals surface area contributed by atoms with Crippen LogP contribution in [0.25, 0.3) is 0 Å². The Morgan fingerprint density at radius 3 is 2.65 bits per heavy atom. The molecular formula is C23H32N4O4. The van der Waals surface area contributed by atoms with Crippen LogP contribution in [0.5, 0.6) is 5.88 Å². The Labute approximate surface area is 182 Å². The van der Waals surface area contributed by atoms with Crippen LogP contribution in [0.4, 0.5) is 5.95 Å². The predicted molar refractivity (Wildman–Crippen MR) is 113 cm³/mol. The molecule has 6 atom stereocenters. The van der Waals surface area contributed by atoms with Crippen LogP contribution in [0.2, 0.25) is 0 Å². The van der Waals surface area contributed by atoms with Crippen LogP contribution < -0.4 is 15.4 Å². The number of nitrogens with zero attached hydrogens (tertiary/aromatic N) is 2. The Morgan fingerprint density at radius 1 is 1.19 bits per heavy atom. The van der Waals surface area contributed by atoms with Crippen molar-refractivity contribution < 1.29 is 19.4 Å². The van der Waals surface area contributed by atoms with Gasteiger partial charge in [-0.3, -0.25) is 4.79 Å². The van der Waals surface area contributed by atoms with Crippen LogP contribution in [0, 0.1) is 17.8 Å². The number of ether oxygens (including phenoxy) is 2. The fourth-order valence-electron chi connectivity index (χ4n) is 6.60. The first-order valence-electron chi connectivity index (χ1n) is 12.0. The lowest BCUT2D eigenvalue weighted by Gasteiger charge is -2.58. The molecule has 0 aromatic carbocycles. The van der Waals surface area contributed by atoms with Crippen molar-refractivity contribution >= 4 is 11.9 Å². The quantitative estimate of drug-likeness (QED) is 0.638. The van der Waals surface area contributed by atoms with Gasteiger partial charge in [0.15, 0.2) is 0 Å². The van der Waals surface area contributed by atoms with Gasteiger partial charge in [-0.2, -0.15) is 4.98 Å². The normalized spacial score (nSPS) is 38.7. The van der Waals surface area contributed by atoms with Gasteiger partial charge in [-0.05, 0) is 75.5 Å². The Kier molecular flexibility index (Phi) is 4.83. The molecule has 5 saturated carbocycles. The largest absolute Gasteiger partial charge is 0.474 e. The minimum Gasteiger partial charge on any atom is -0.474 e. The SMILES string of the molecule is O=C(NC1[C@@H]2CC3C[C@H]1CC(O)(C3)C2)c1cnc(N[C@@H]2CCOC2)nc1OC1CCC1. The molecule has 31 heavy (non-hydrogen) atoms. The second-order valence-corrected chi connectivity index (χ2v) is 10.5. The molecule has 4 bridgehead atoms. The van der Waals surface area contributed by atoms with Crippen molar-refractivity contribution in [3.05, 3.63) is 11.8 Å².